The van der Waals surface area contributed by atoms with Crippen LogP contribution in [0.5, 0.6) is 0 Å². The Bertz CT molecular complexity index is 4920. The first-order valence-corrected chi connectivity index (χ1v) is 34.3. The maximum absolute atomic E-state index is 2.52. The van der Waals surface area contributed by atoms with Gasteiger partial charge in [0.1, 0.15) is 0 Å². The van der Waals surface area contributed by atoms with Crippen LogP contribution >= 0.6 is 0 Å². The highest BCUT2D eigenvalue weighted by molar-refractivity contribution is 5.99. The fraction of sp³-hybridized carbons (Fsp3) is 0.0816. The molecule has 0 heteroatoms. The van der Waals surface area contributed by atoms with E-state index >= 15 is 0 Å². The Kier molecular flexibility index (Phi) is 17.1. The average Bonchev–Trinajstić information content (AvgIpc) is 0.755. The second-order valence-electron chi connectivity index (χ2n) is 27.3. The summed E-state index contributed by atoms with van der Waals surface area (Å²) in [5, 5.41) is 0. The zero-order chi connectivity index (χ0) is 67.0. The molecule has 15 rings (SSSR count). The summed E-state index contributed by atoms with van der Waals surface area (Å²) in [6.07, 6.45) is 0. The van der Waals surface area contributed by atoms with Crippen LogP contribution in [0.2, 0.25) is 0 Å². The molecule has 0 aliphatic carbocycles. The van der Waals surface area contributed by atoms with Crippen LogP contribution in [0.1, 0.15) is 44.5 Å². The lowest BCUT2D eigenvalue weighted by atomic mass is 9.82. The summed E-state index contributed by atoms with van der Waals surface area (Å²) < 4.78 is 0. The Balaban J connectivity index is 0.988. The molecule has 0 aliphatic heterocycles. The molecule has 0 fully saturated rings. The van der Waals surface area contributed by atoms with E-state index in [9.17, 15) is 0 Å². The summed E-state index contributed by atoms with van der Waals surface area (Å²) in [5.74, 6) is 0. The minimum absolute atomic E-state index is 1.13. The third-order valence-electron chi connectivity index (χ3n) is 19.4. The summed E-state index contributed by atoms with van der Waals surface area (Å²) in [4.78, 5) is 0. The van der Waals surface area contributed by atoms with Gasteiger partial charge in [-0.3, -0.25) is 0 Å². The molecule has 0 radical (unpaired) electrons. The molecule has 0 unspecified atom stereocenters. The van der Waals surface area contributed by atoms with Crippen molar-refractivity contribution >= 4 is 0 Å². The van der Waals surface area contributed by atoms with Crippen LogP contribution in [0.25, 0.3) is 156 Å². The van der Waals surface area contributed by atoms with E-state index in [1.165, 1.54) is 145 Å². The lowest BCUT2D eigenvalue weighted by Crippen LogP contribution is -1.95. The third-order valence-corrected chi connectivity index (χ3v) is 19.4. The molecule has 15 aromatic rings. The molecule has 0 spiro atoms. The van der Waals surface area contributed by atoms with E-state index in [1.807, 2.05) is 0 Å². The van der Waals surface area contributed by atoms with Crippen LogP contribution in [0, 0.1) is 55.4 Å². The number of hydrogen-bond donors (Lipinski definition) is 0. The highest BCUT2D eigenvalue weighted by Crippen LogP contribution is 2.47. The van der Waals surface area contributed by atoms with Gasteiger partial charge in [-0.2, -0.15) is 0 Å². The summed E-state index contributed by atoms with van der Waals surface area (Å²) in [5.41, 5.74) is 42.7. The van der Waals surface area contributed by atoms with Crippen LogP contribution in [-0.4, -0.2) is 0 Å². The summed E-state index contributed by atoms with van der Waals surface area (Å²) >= 11 is 0. The van der Waals surface area contributed by atoms with Crippen molar-refractivity contribution in [3.63, 3.8) is 0 Å². The van der Waals surface area contributed by atoms with Crippen molar-refractivity contribution in [2.24, 2.45) is 0 Å². The van der Waals surface area contributed by atoms with Gasteiger partial charge in [-0.25, -0.2) is 0 Å². The molecule has 0 bridgehead atoms. The minimum atomic E-state index is 1.13. The smallest absolute Gasteiger partial charge is 0.00984 e. The van der Waals surface area contributed by atoms with E-state index in [0.29, 0.717) is 0 Å². The second-order valence-corrected chi connectivity index (χ2v) is 27.3. The van der Waals surface area contributed by atoms with Crippen molar-refractivity contribution < 1.29 is 0 Å². The molecule has 0 nitrogen and oxygen atoms in total. The standard InChI is InChI=1S/C98H78/c1-63-17-9-25-75(41-63)85-49-83(50-86(53-85)76-26-10-18-64(2)42-76)71-33-37-73(38-34-71)95-61-98(94-59-91(81-31-15-23-69(7)47-81)56-92(60-94)82-32-16-24-70(8)48-82)96(62-97(95)93-57-89(79-29-13-21-67(5)45-79)55-90(58-93)80-30-14-22-68(6)46-80)74-39-35-72(36-40-74)84-51-87(77-27-11-19-65(3)43-77)54-88(52-84)78-28-12-20-66(4)44-78/h9-62H,1-8H3. The molecule has 0 heterocycles. The summed E-state index contributed by atoms with van der Waals surface area (Å²) in [6.45, 7) is 17.5. The van der Waals surface area contributed by atoms with Gasteiger partial charge in [-0.15, -0.1) is 0 Å². The molecule has 0 amide bonds. The molecule has 15 aromatic carbocycles. The molecule has 0 saturated heterocycles. The van der Waals surface area contributed by atoms with Crippen molar-refractivity contribution in [2.45, 2.75) is 55.4 Å². The van der Waals surface area contributed by atoms with Gasteiger partial charge in [0.05, 0.1) is 0 Å². The number of rotatable bonds is 14. The molecule has 0 atom stereocenters. The summed E-state index contributed by atoms with van der Waals surface area (Å²) in [6, 6.07) is 124. The van der Waals surface area contributed by atoms with Crippen LogP contribution in [0.4, 0.5) is 0 Å². The topological polar surface area (TPSA) is 0 Å². The van der Waals surface area contributed by atoms with Gasteiger partial charge < -0.3 is 0 Å². The largest absolute Gasteiger partial charge is 0.0614 e. The molecular formula is C98H78. The van der Waals surface area contributed by atoms with Crippen LogP contribution in [-0.2, 0) is 0 Å². The Morgan fingerprint density at radius 2 is 0.245 bits per heavy atom. The van der Waals surface area contributed by atoms with E-state index < -0.39 is 0 Å². The second kappa shape index (κ2) is 26.8. The van der Waals surface area contributed by atoms with E-state index in [-0.39, 0.29) is 0 Å². The number of aryl methyl sites for hydroxylation is 8. The van der Waals surface area contributed by atoms with Crippen molar-refractivity contribution in [1.82, 2.24) is 0 Å². The number of hydrogen-bond acceptors (Lipinski definition) is 0. The molecule has 0 N–H and O–H groups in total. The van der Waals surface area contributed by atoms with Gasteiger partial charge in [0.15, 0.2) is 0 Å². The quantitative estimate of drug-likeness (QED) is 0.102. The van der Waals surface area contributed by atoms with Crippen molar-refractivity contribution in [2.75, 3.05) is 0 Å². The fourth-order valence-electron chi connectivity index (χ4n) is 14.3. The average molecular weight is 1260 g/mol. The van der Waals surface area contributed by atoms with E-state index in [0.717, 1.165) is 55.6 Å². The van der Waals surface area contributed by atoms with Crippen LogP contribution in [0.15, 0.2) is 328 Å². The van der Waals surface area contributed by atoms with Crippen LogP contribution in [0.3, 0.4) is 0 Å². The molecule has 470 valence electrons. The Labute approximate surface area is 579 Å². The van der Waals surface area contributed by atoms with E-state index in [4.69, 9.17) is 0 Å². The van der Waals surface area contributed by atoms with Gasteiger partial charge in [-0.1, -0.05) is 287 Å². The summed E-state index contributed by atoms with van der Waals surface area (Å²) in [7, 11) is 0. The van der Waals surface area contributed by atoms with Crippen molar-refractivity contribution in [3.8, 4) is 156 Å². The predicted molar refractivity (Wildman–Crippen MR) is 420 cm³/mol. The highest BCUT2D eigenvalue weighted by atomic mass is 14.3. The van der Waals surface area contributed by atoms with Gasteiger partial charge in [-0.05, 0) is 296 Å². The fourth-order valence-corrected chi connectivity index (χ4v) is 14.3. The molecular weight excluding hydrogens is 1180 g/mol. The van der Waals surface area contributed by atoms with Crippen molar-refractivity contribution in [3.05, 3.63) is 372 Å². The normalized spacial score (nSPS) is 11.3. The monoisotopic (exact) mass is 1250 g/mol. The molecule has 98 heavy (non-hydrogen) atoms. The van der Waals surface area contributed by atoms with Crippen molar-refractivity contribution in [1.29, 1.82) is 0 Å². The zero-order valence-electron chi connectivity index (χ0n) is 57.2. The molecule has 0 aromatic heterocycles. The zero-order valence-corrected chi connectivity index (χ0v) is 57.2. The van der Waals surface area contributed by atoms with Gasteiger partial charge in [0, 0.05) is 0 Å². The number of benzene rings is 15. The lowest BCUT2D eigenvalue weighted by Gasteiger charge is -2.21. The van der Waals surface area contributed by atoms with E-state index in [1.54, 1.807) is 0 Å². The first-order chi connectivity index (χ1) is 47.7. The van der Waals surface area contributed by atoms with E-state index in [2.05, 4.69) is 383 Å². The van der Waals surface area contributed by atoms with Crippen LogP contribution < -0.4 is 0 Å². The highest BCUT2D eigenvalue weighted by Gasteiger charge is 2.21. The molecule has 0 aliphatic rings. The maximum Gasteiger partial charge on any atom is -0.00984 e. The minimum Gasteiger partial charge on any atom is -0.0614 e. The Morgan fingerprint density at radius 1 is 0.102 bits per heavy atom. The predicted octanol–water partition coefficient (Wildman–Crippen LogP) is 27.5. The first-order valence-electron chi connectivity index (χ1n) is 34.3. The lowest BCUT2D eigenvalue weighted by molar-refractivity contribution is 1.45. The Hall–Kier alpha value is -11.7. The maximum atomic E-state index is 2.52. The SMILES string of the molecule is Cc1cccc(-c2cc(-c3ccc(-c4cc(-c5cc(-c6cccc(C)c6)cc(-c6cccc(C)c6)c5)c(-c5ccc(-c6cc(-c7cccc(C)c7)cc(-c7cccc(C)c7)c6)cc5)cc4-c4cc(-c5cccc(C)c5)cc(-c5cccc(C)c5)c4)cc3)cc(-c3cccc(C)c3)c2)c1. The molecule has 0 saturated carbocycles. The Morgan fingerprint density at radius 3 is 0.418 bits per heavy atom. The van der Waals surface area contributed by atoms with Gasteiger partial charge in [0.2, 0.25) is 0 Å². The third kappa shape index (κ3) is 13.5. The van der Waals surface area contributed by atoms with Gasteiger partial charge in [0.25, 0.3) is 0 Å². The first kappa shape index (κ1) is 62.4. The van der Waals surface area contributed by atoms with Gasteiger partial charge >= 0.3 is 0 Å².